The van der Waals surface area contributed by atoms with Gasteiger partial charge in [-0.05, 0) is 24.0 Å². The van der Waals surface area contributed by atoms with Crippen LogP contribution in [-0.4, -0.2) is 35.7 Å². The van der Waals surface area contributed by atoms with Gasteiger partial charge in [-0.3, -0.25) is 19.7 Å². The molecule has 0 radical (unpaired) electrons. The Balaban J connectivity index is 1.46. The Morgan fingerprint density at radius 3 is 2.36 bits per heavy atom. The molecule has 1 aromatic rings. The van der Waals surface area contributed by atoms with E-state index in [4.69, 9.17) is 11.6 Å². The number of amides is 3. The second-order valence-electron chi connectivity index (χ2n) is 6.28. The number of benzene rings is 1. The van der Waals surface area contributed by atoms with Crippen LogP contribution in [0.5, 0.6) is 0 Å². The van der Waals surface area contributed by atoms with E-state index >= 15 is 0 Å². The molecule has 0 aromatic heterocycles. The van der Waals surface area contributed by atoms with Crippen molar-refractivity contribution in [3.63, 3.8) is 0 Å². The first kappa shape index (κ1) is 13.8. The molecule has 4 rings (SSSR count). The van der Waals surface area contributed by atoms with Crippen LogP contribution in [0.25, 0.3) is 0 Å². The van der Waals surface area contributed by atoms with Gasteiger partial charge in [0.05, 0.1) is 11.8 Å². The van der Waals surface area contributed by atoms with E-state index in [0.717, 1.165) is 12.0 Å². The molecule has 3 fully saturated rings. The van der Waals surface area contributed by atoms with Gasteiger partial charge in [0.25, 0.3) is 0 Å². The summed E-state index contributed by atoms with van der Waals surface area (Å²) in [6.07, 6.45) is 0.786. The summed E-state index contributed by atoms with van der Waals surface area (Å²) in [6, 6.07) is 7.58. The van der Waals surface area contributed by atoms with Gasteiger partial charge in [0.1, 0.15) is 0 Å². The summed E-state index contributed by atoms with van der Waals surface area (Å²) in [5.41, 5.74) is 1.01. The van der Waals surface area contributed by atoms with Crippen molar-refractivity contribution < 1.29 is 14.4 Å². The van der Waals surface area contributed by atoms with Gasteiger partial charge in [-0.1, -0.05) is 29.8 Å². The third kappa shape index (κ3) is 2.03. The van der Waals surface area contributed by atoms with Crippen LogP contribution in [0.1, 0.15) is 17.9 Å². The molecule has 4 atom stereocenters. The van der Waals surface area contributed by atoms with E-state index in [-0.39, 0.29) is 41.4 Å². The zero-order chi connectivity index (χ0) is 15.4. The minimum atomic E-state index is -0.367. The minimum absolute atomic E-state index is 0.0416. The molecule has 2 aliphatic heterocycles. The molecule has 0 bridgehead atoms. The SMILES string of the molecule is O=C1NC(=O)[C@@H]2CN(C(=O)[C@@H]3C[C@H]3c3ccccc3Cl)C[C@H]12. The highest BCUT2D eigenvalue weighted by Gasteiger charge is 2.53. The number of carbonyl (C=O) groups excluding carboxylic acids is 3. The van der Waals surface area contributed by atoms with Crippen molar-refractivity contribution in [1.82, 2.24) is 10.2 Å². The van der Waals surface area contributed by atoms with Crippen molar-refractivity contribution in [2.24, 2.45) is 17.8 Å². The Morgan fingerprint density at radius 1 is 1.09 bits per heavy atom. The van der Waals surface area contributed by atoms with E-state index in [1.807, 2.05) is 24.3 Å². The normalized spacial score (nSPS) is 32.9. The first-order valence-electron chi connectivity index (χ1n) is 7.44. The summed E-state index contributed by atoms with van der Waals surface area (Å²) in [5.74, 6) is -1.10. The lowest BCUT2D eigenvalue weighted by molar-refractivity contribution is -0.132. The van der Waals surface area contributed by atoms with Gasteiger partial charge in [-0.25, -0.2) is 0 Å². The Hall–Kier alpha value is -1.88. The van der Waals surface area contributed by atoms with Gasteiger partial charge >= 0.3 is 0 Å². The molecule has 2 saturated heterocycles. The highest BCUT2D eigenvalue weighted by atomic mass is 35.5. The fourth-order valence-electron chi connectivity index (χ4n) is 3.64. The topological polar surface area (TPSA) is 66.5 Å². The molecule has 1 N–H and O–H groups in total. The van der Waals surface area contributed by atoms with E-state index in [1.54, 1.807) is 4.90 Å². The second kappa shape index (κ2) is 4.81. The van der Waals surface area contributed by atoms with Crippen LogP contribution in [0.2, 0.25) is 5.02 Å². The van der Waals surface area contributed by atoms with Crippen LogP contribution >= 0.6 is 11.6 Å². The van der Waals surface area contributed by atoms with Crippen LogP contribution in [0, 0.1) is 17.8 Å². The molecular weight excluding hydrogens is 304 g/mol. The lowest BCUT2D eigenvalue weighted by Gasteiger charge is -2.17. The zero-order valence-electron chi connectivity index (χ0n) is 11.8. The molecule has 114 valence electrons. The molecule has 3 amide bonds. The lowest BCUT2D eigenvalue weighted by atomic mass is 10.00. The highest BCUT2D eigenvalue weighted by Crippen LogP contribution is 2.51. The quantitative estimate of drug-likeness (QED) is 0.833. The van der Waals surface area contributed by atoms with Crippen molar-refractivity contribution >= 4 is 29.3 Å². The number of fused-ring (bicyclic) bond motifs is 1. The monoisotopic (exact) mass is 318 g/mol. The third-order valence-corrected chi connectivity index (χ3v) is 5.31. The van der Waals surface area contributed by atoms with Gasteiger partial charge in [0.2, 0.25) is 17.7 Å². The Labute approximate surface area is 132 Å². The average molecular weight is 319 g/mol. The van der Waals surface area contributed by atoms with Crippen molar-refractivity contribution in [2.45, 2.75) is 12.3 Å². The number of likely N-dealkylation sites (tertiary alicyclic amines) is 1. The maximum Gasteiger partial charge on any atom is 0.232 e. The van der Waals surface area contributed by atoms with E-state index < -0.39 is 0 Å². The number of rotatable bonds is 2. The van der Waals surface area contributed by atoms with Crippen LogP contribution in [0.3, 0.4) is 0 Å². The first-order chi connectivity index (χ1) is 10.6. The van der Waals surface area contributed by atoms with Gasteiger partial charge in [-0.2, -0.15) is 0 Å². The summed E-state index contributed by atoms with van der Waals surface area (Å²) in [5, 5.41) is 3.02. The first-order valence-corrected chi connectivity index (χ1v) is 7.82. The molecular formula is C16H15ClN2O3. The summed E-state index contributed by atoms with van der Waals surface area (Å²) in [7, 11) is 0. The van der Waals surface area contributed by atoms with Crippen molar-refractivity contribution in [3.8, 4) is 0 Å². The molecule has 1 saturated carbocycles. The fourth-order valence-corrected chi connectivity index (χ4v) is 3.92. The van der Waals surface area contributed by atoms with Gasteiger partial charge in [0, 0.05) is 24.0 Å². The van der Waals surface area contributed by atoms with Gasteiger partial charge in [-0.15, -0.1) is 0 Å². The van der Waals surface area contributed by atoms with E-state index in [9.17, 15) is 14.4 Å². The summed E-state index contributed by atoms with van der Waals surface area (Å²) >= 11 is 6.18. The molecule has 22 heavy (non-hydrogen) atoms. The predicted molar refractivity (Wildman–Crippen MR) is 79.0 cm³/mol. The van der Waals surface area contributed by atoms with Crippen LogP contribution in [0.15, 0.2) is 24.3 Å². The van der Waals surface area contributed by atoms with Crippen molar-refractivity contribution in [2.75, 3.05) is 13.1 Å². The Bertz CT molecular complexity index is 668. The summed E-state index contributed by atoms with van der Waals surface area (Å²) in [6.45, 7) is 0.708. The maximum atomic E-state index is 12.6. The van der Waals surface area contributed by atoms with E-state index in [0.29, 0.717) is 18.1 Å². The van der Waals surface area contributed by atoms with Gasteiger partial charge < -0.3 is 4.90 Å². The van der Waals surface area contributed by atoms with Gasteiger partial charge in [0.15, 0.2) is 0 Å². The minimum Gasteiger partial charge on any atom is -0.341 e. The number of imide groups is 1. The highest BCUT2D eigenvalue weighted by molar-refractivity contribution is 6.31. The maximum absolute atomic E-state index is 12.6. The molecule has 0 spiro atoms. The van der Waals surface area contributed by atoms with Crippen LogP contribution < -0.4 is 5.32 Å². The summed E-state index contributed by atoms with van der Waals surface area (Å²) in [4.78, 5) is 37.6. The average Bonchev–Trinajstić information content (AvgIpc) is 3.07. The summed E-state index contributed by atoms with van der Waals surface area (Å²) < 4.78 is 0. The largest absolute Gasteiger partial charge is 0.341 e. The Morgan fingerprint density at radius 2 is 1.73 bits per heavy atom. The molecule has 0 unspecified atom stereocenters. The molecule has 2 heterocycles. The number of nitrogens with zero attached hydrogens (tertiary/aromatic N) is 1. The molecule has 3 aliphatic rings. The molecule has 1 aliphatic carbocycles. The standard InChI is InChI=1S/C16H15ClN2O3/c17-13-4-2-1-3-8(13)9-5-10(9)16(22)19-6-11-12(7-19)15(21)18-14(11)20/h1-4,9-12H,5-7H2,(H,18,20,21)/t9-,10+,11-,12+/m0/s1. The van der Waals surface area contributed by atoms with Crippen molar-refractivity contribution in [1.29, 1.82) is 0 Å². The molecule has 1 aromatic carbocycles. The predicted octanol–water partition coefficient (Wildman–Crippen LogP) is 1.17. The number of carbonyl (C=O) groups is 3. The number of hydrogen-bond donors (Lipinski definition) is 1. The van der Waals surface area contributed by atoms with E-state index in [2.05, 4.69) is 5.32 Å². The molecule has 5 nitrogen and oxygen atoms in total. The zero-order valence-corrected chi connectivity index (χ0v) is 12.5. The second-order valence-corrected chi connectivity index (χ2v) is 6.69. The molecule has 6 heteroatoms. The number of hydrogen-bond acceptors (Lipinski definition) is 3. The fraction of sp³-hybridized carbons (Fsp3) is 0.438. The van der Waals surface area contributed by atoms with Crippen molar-refractivity contribution in [3.05, 3.63) is 34.9 Å². The van der Waals surface area contributed by atoms with E-state index in [1.165, 1.54) is 0 Å². The third-order valence-electron chi connectivity index (χ3n) is 4.96. The van der Waals surface area contributed by atoms with Crippen LogP contribution in [-0.2, 0) is 14.4 Å². The lowest BCUT2D eigenvalue weighted by Crippen LogP contribution is -2.36. The smallest absolute Gasteiger partial charge is 0.232 e. The Kier molecular flexibility index (Phi) is 3.01. The number of nitrogens with one attached hydrogen (secondary N) is 1. The van der Waals surface area contributed by atoms with Crippen LogP contribution in [0.4, 0.5) is 0 Å². The number of halogens is 1.